The van der Waals surface area contributed by atoms with Crippen LogP contribution >= 0.6 is 11.6 Å². The Morgan fingerprint density at radius 1 is 1.15 bits per heavy atom. The molecular formula is C17H14ClF3N2O3S. The van der Waals surface area contributed by atoms with E-state index in [0.717, 1.165) is 12.1 Å². The maximum absolute atomic E-state index is 12.9. The molecule has 0 unspecified atom stereocenters. The summed E-state index contributed by atoms with van der Waals surface area (Å²) in [6.45, 7) is 3.45. The molecule has 2 aromatic rings. The molecule has 2 N–H and O–H groups in total. The summed E-state index contributed by atoms with van der Waals surface area (Å²) in [5, 5.41) is 1.83. The van der Waals surface area contributed by atoms with E-state index in [9.17, 15) is 26.4 Å². The van der Waals surface area contributed by atoms with Crippen LogP contribution in [0.5, 0.6) is 0 Å². The van der Waals surface area contributed by atoms with Gasteiger partial charge in [-0.3, -0.25) is 4.79 Å². The molecule has 27 heavy (non-hydrogen) atoms. The second kappa shape index (κ2) is 8.12. The highest BCUT2D eigenvalue weighted by Crippen LogP contribution is 2.36. The van der Waals surface area contributed by atoms with Crippen LogP contribution in [0, 0.1) is 0 Å². The van der Waals surface area contributed by atoms with E-state index in [1.807, 2.05) is 0 Å². The number of nitrogens with one attached hydrogen (secondary N) is 2. The topological polar surface area (TPSA) is 75.3 Å². The lowest BCUT2D eigenvalue weighted by Gasteiger charge is -2.12. The molecule has 0 heterocycles. The fourth-order valence-corrected chi connectivity index (χ4v) is 3.28. The number of amides is 1. The van der Waals surface area contributed by atoms with Gasteiger partial charge in [0, 0.05) is 17.8 Å². The number of hydrogen-bond acceptors (Lipinski definition) is 3. The Morgan fingerprint density at radius 3 is 2.33 bits per heavy atom. The van der Waals surface area contributed by atoms with Crippen LogP contribution in [0.1, 0.15) is 15.9 Å². The van der Waals surface area contributed by atoms with Gasteiger partial charge in [-0.1, -0.05) is 17.7 Å². The van der Waals surface area contributed by atoms with Crippen LogP contribution in [0.3, 0.4) is 0 Å². The van der Waals surface area contributed by atoms with E-state index >= 15 is 0 Å². The molecular weight excluding hydrogens is 405 g/mol. The third kappa shape index (κ3) is 5.31. The smallest absolute Gasteiger partial charge is 0.322 e. The maximum atomic E-state index is 12.9. The van der Waals surface area contributed by atoms with Crippen molar-refractivity contribution in [1.82, 2.24) is 4.72 Å². The number of sulfonamides is 1. The first kappa shape index (κ1) is 20.9. The zero-order valence-electron chi connectivity index (χ0n) is 13.7. The van der Waals surface area contributed by atoms with E-state index in [-0.39, 0.29) is 22.7 Å². The molecule has 0 atom stereocenters. The summed E-state index contributed by atoms with van der Waals surface area (Å²) in [6.07, 6.45) is -3.28. The van der Waals surface area contributed by atoms with Gasteiger partial charge in [-0.05, 0) is 42.5 Å². The minimum absolute atomic E-state index is 0.0443. The van der Waals surface area contributed by atoms with Gasteiger partial charge in [0.15, 0.2) is 0 Å². The average Bonchev–Trinajstić information content (AvgIpc) is 2.60. The predicted octanol–water partition coefficient (Wildman–Crippen LogP) is 4.08. The summed E-state index contributed by atoms with van der Waals surface area (Å²) < 4.78 is 64.8. The zero-order chi connectivity index (χ0) is 20.2. The Bertz CT molecular complexity index is 958. The summed E-state index contributed by atoms with van der Waals surface area (Å²) in [5.74, 6) is -0.701. The van der Waals surface area contributed by atoms with Crippen LogP contribution in [0.15, 0.2) is 60.0 Å². The van der Waals surface area contributed by atoms with Crippen molar-refractivity contribution in [1.29, 1.82) is 0 Å². The van der Waals surface area contributed by atoms with Crippen molar-refractivity contribution in [2.75, 3.05) is 11.9 Å². The molecule has 10 heteroatoms. The maximum Gasteiger partial charge on any atom is 0.417 e. The lowest BCUT2D eigenvalue weighted by Crippen LogP contribution is -2.23. The van der Waals surface area contributed by atoms with Gasteiger partial charge in [-0.15, -0.1) is 6.58 Å². The minimum Gasteiger partial charge on any atom is -0.322 e. The van der Waals surface area contributed by atoms with Crippen molar-refractivity contribution in [2.24, 2.45) is 0 Å². The van der Waals surface area contributed by atoms with Crippen molar-refractivity contribution in [3.8, 4) is 0 Å². The number of anilines is 1. The van der Waals surface area contributed by atoms with Crippen LogP contribution in [-0.2, 0) is 16.2 Å². The van der Waals surface area contributed by atoms with Crippen LogP contribution in [-0.4, -0.2) is 20.9 Å². The molecule has 2 aromatic carbocycles. The highest BCUT2D eigenvalue weighted by atomic mass is 35.5. The van der Waals surface area contributed by atoms with Crippen molar-refractivity contribution < 1.29 is 26.4 Å². The Labute approximate surface area is 158 Å². The normalized spacial score (nSPS) is 11.9. The first-order chi connectivity index (χ1) is 12.5. The van der Waals surface area contributed by atoms with Gasteiger partial charge in [0.2, 0.25) is 10.0 Å². The molecule has 0 bridgehead atoms. The average molecular weight is 419 g/mol. The number of halogens is 4. The molecule has 1 amide bonds. The number of carbonyl (C=O) groups is 1. The van der Waals surface area contributed by atoms with Crippen LogP contribution in [0.2, 0.25) is 5.02 Å². The molecule has 2 rings (SSSR count). The molecule has 0 aliphatic carbocycles. The van der Waals surface area contributed by atoms with Gasteiger partial charge in [0.1, 0.15) is 0 Å². The Balaban J connectivity index is 2.19. The van der Waals surface area contributed by atoms with Crippen LogP contribution in [0.25, 0.3) is 0 Å². The van der Waals surface area contributed by atoms with Gasteiger partial charge < -0.3 is 5.32 Å². The van der Waals surface area contributed by atoms with E-state index in [1.165, 1.54) is 36.4 Å². The molecule has 0 fully saturated rings. The summed E-state index contributed by atoms with van der Waals surface area (Å²) in [6, 6.07) is 7.90. The number of carbonyl (C=O) groups excluding carboxylic acids is 1. The summed E-state index contributed by atoms with van der Waals surface area (Å²) >= 11 is 5.53. The third-order valence-electron chi connectivity index (χ3n) is 3.37. The monoisotopic (exact) mass is 418 g/mol. The van der Waals surface area contributed by atoms with E-state index in [0.29, 0.717) is 0 Å². The van der Waals surface area contributed by atoms with E-state index in [2.05, 4.69) is 16.6 Å². The van der Waals surface area contributed by atoms with Crippen molar-refractivity contribution in [3.63, 3.8) is 0 Å². The fourth-order valence-electron chi connectivity index (χ4n) is 2.06. The lowest BCUT2D eigenvalue weighted by molar-refractivity contribution is -0.137. The molecule has 0 aromatic heterocycles. The molecule has 0 saturated heterocycles. The minimum atomic E-state index is -4.66. The first-order valence-electron chi connectivity index (χ1n) is 7.43. The van der Waals surface area contributed by atoms with E-state index < -0.39 is 32.7 Å². The number of alkyl halides is 3. The Hall–Kier alpha value is -2.36. The molecule has 0 aliphatic heterocycles. The standard InChI is InChI=1S/C17H14ClF3N2O3S/c1-2-9-22-27(25,26)13-6-3-11(4-7-13)16(24)23-12-5-8-15(18)14(10-12)17(19,20)21/h2-8,10,22H,1,9H2,(H,23,24). The van der Waals surface area contributed by atoms with Crippen molar-refractivity contribution in [3.05, 3.63) is 71.3 Å². The molecule has 5 nitrogen and oxygen atoms in total. The quantitative estimate of drug-likeness (QED) is 0.694. The molecule has 0 radical (unpaired) electrons. The highest BCUT2D eigenvalue weighted by molar-refractivity contribution is 7.89. The predicted molar refractivity (Wildman–Crippen MR) is 96.2 cm³/mol. The van der Waals surface area contributed by atoms with Gasteiger partial charge in [-0.25, -0.2) is 13.1 Å². The Kier molecular flexibility index (Phi) is 6.30. The first-order valence-corrected chi connectivity index (χ1v) is 9.29. The number of rotatable bonds is 6. The molecule has 0 spiro atoms. The fraction of sp³-hybridized carbons (Fsp3) is 0.118. The van der Waals surface area contributed by atoms with Crippen LogP contribution in [0.4, 0.5) is 18.9 Å². The third-order valence-corrected chi connectivity index (χ3v) is 5.14. The van der Waals surface area contributed by atoms with Gasteiger partial charge in [0.05, 0.1) is 15.5 Å². The SMILES string of the molecule is C=CCNS(=O)(=O)c1ccc(C(=O)Nc2ccc(Cl)c(C(F)(F)F)c2)cc1. The second-order valence-corrected chi connectivity index (χ2v) is 7.49. The van der Waals surface area contributed by atoms with Gasteiger partial charge in [0.25, 0.3) is 5.91 Å². The summed E-state index contributed by atoms with van der Waals surface area (Å²) in [4.78, 5) is 12.1. The summed E-state index contributed by atoms with van der Waals surface area (Å²) in [5.41, 5.74) is -1.10. The van der Waals surface area contributed by atoms with Crippen molar-refractivity contribution in [2.45, 2.75) is 11.1 Å². The molecule has 144 valence electrons. The van der Waals surface area contributed by atoms with Gasteiger partial charge in [-0.2, -0.15) is 13.2 Å². The van der Waals surface area contributed by atoms with Crippen molar-refractivity contribution >= 4 is 33.2 Å². The second-order valence-electron chi connectivity index (χ2n) is 5.31. The highest BCUT2D eigenvalue weighted by Gasteiger charge is 2.33. The molecule has 0 aliphatic rings. The Morgan fingerprint density at radius 2 is 1.78 bits per heavy atom. The summed E-state index contributed by atoms with van der Waals surface area (Å²) in [7, 11) is -3.74. The number of benzene rings is 2. The van der Waals surface area contributed by atoms with Crippen LogP contribution < -0.4 is 10.0 Å². The number of hydrogen-bond donors (Lipinski definition) is 2. The largest absolute Gasteiger partial charge is 0.417 e. The van der Waals surface area contributed by atoms with E-state index in [1.54, 1.807) is 0 Å². The lowest BCUT2D eigenvalue weighted by atomic mass is 10.1. The van der Waals surface area contributed by atoms with Gasteiger partial charge >= 0.3 is 6.18 Å². The molecule has 0 saturated carbocycles. The zero-order valence-corrected chi connectivity index (χ0v) is 15.3. The van der Waals surface area contributed by atoms with E-state index in [4.69, 9.17) is 11.6 Å².